The van der Waals surface area contributed by atoms with Gasteiger partial charge in [0.25, 0.3) is 0 Å². The van der Waals surface area contributed by atoms with E-state index in [-0.39, 0.29) is 30.8 Å². The molecule has 0 saturated carbocycles. The number of carboxylic acids is 1. The average molecular weight is 258 g/mol. The second-order valence-corrected chi connectivity index (χ2v) is 4.16. The Kier molecular flexibility index (Phi) is 5.57. The van der Waals surface area contributed by atoms with Gasteiger partial charge in [0.15, 0.2) is 0 Å². The number of hydrogen-bond acceptors (Lipinski definition) is 4. The Balaban J connectivity index is 2.35. The first kappa shape index (κ1) is 14.4. The first-order chi connectivity index (χ1) is 8.49. The summed E-state index contributed by atoms with van der Waals surface area (Å²) in [4.78, 5) is 34.4. The molecule has 0 aromatic carbocycles. The van der Waals surface area contributed by atoms with Gasteiger partial charge in [0.1, 0.15) is 0 Å². The van der Waals surface area contributed by atoms with Gasteiger partial charge in [-0.05, 0) is 0 Å². The third-order valence-electron chi connectivity index (χ3n) is 2.62. The van der Waals surface area contributed by atoms with Crippen LogP contribution in [0, 0.1) is 0 Å². The van der Waals surface area contributed by atoms with Crippen molar-refractivity contribution in [2.24, 2.45) is 0 Å². The molecule has 0 aromatic heterocycles. The van der Waals surface area contributed by atoms with Crippen LogP contribution >= 0.6 is 0 Å². The molecule has 102 valence electrons. The van der Waals surface area contributed by atoms with Crippen molar-refractivity contribution in [2.75, 3.05) is 26.2 Å². The summed E-state index contributed by atoms with van der Waals surface area (Å²) in [7, 11) is 0. The van der Waals surface area contributed by atoms with E-state index in [9.17, 15) is 14.4 Å². The predicted octanol–water partition coefficient (Wildman–Crippen LogP) is -0.785. The monoisotopic (exact) mass is 258 g/mol. The molecule has 1 rings (SSSR count). The molecule has 18 heavy (non-hydrogen) atoms. The van der Waals surface area contributed by atoms with E-state index >= 15 is 0 Å². The highest BCUT2D eigenvalue weighted by atomic mass is 16.5. The molecule has 0 aromatic rings. The van der Waals surface area contributed by atoms with Crippen molar-refractivity contribution in [2.45, 2.75) is 25.9 Å². The summed E-state index contributed by atoms with van der Waals surface area (Å²) >= 11 is 0. The Labute approximate surface area is 105 Å². The first-order valence-electron chi connectivity index (χ1n) is 5.84. The normalized spacial score (nSPS) is 19.4. The Morgan fingerprint density at radius 2 is 2.11 bits per heavy atom. The summed E-state index contributed by atoms with van der Waals surface area (Å²) < 4.78 is 5.41. The van der Waals surface area contributed by atoms with Crippen molar-refractivity contribution < 1.29 is 24.2 Å². The van der Waals surface area contributed by atoms with E-state index < -0.39 is 5.97 Å². The maximum absolute atomic E-state index is 11.7. The minimum atomic E-state index is -0.980. The molecule has 0 bridgehead atoms. The largest absolute Gasteiger partial charge is 0.481 e. The van der Waals surface area contributed by atoms with Crippen molar-refractivity contribution in [3.8, 4) is 0 Å². The summed E-state index contributed by atoms with van der Waals surface area (Å²) in [6, 6.07) is 0. The number of hydrogen-bond donors (Lipinski definition) is 2. The fourth-order valence-electron chi connectivity index (χ4n) is 1.70. The number of nitrogens with one attached hydrogen (secondary N) is 1. The maximum Gasteiger partial charge on any atom is 0.303 e. The van der Waals surface area contributed by atoms with Crippen LogP contribution in [0.1, 0.15) is 19.8 Å². The van der Waals surface area contributed by atoms with Gasteiger partial charge < -0.3 is 20.1 Å². The van der Waals surface area contributed by atoms with E-state index in [1.807, 2.05) is 0 Å². The minimum absolute atomic E-state index is 0.00217. The molecule has 2 amide bonds. The number of rotatable bonds is 5. The van der Waals surface area contributed by atoms with Gasteiger partial charge in [-0.2, -0.15) is 0 Å². The summed E-state index contributed by atoms with van der Waals surface area (Å²) in [6.45, 7) is 3.04. The predicted molar refractivity (Wildman–Crippen MR) is 61.9 cm³/mol. The van der Waals surface area contributed by atoms with Crippen molar-refractivity contribution in [1.82, 2.24) is 10.2 Å². The van der Waals surface area contributed by atoms with Crippen LogP contribution in [0.4, 0.5) is 0 Å². The average Bonchev–Trinajstić information content (AvgIpc) is 2.33. The van der Waals surface area contributed by atoms with Crippen molar-refractivity contribution in [3.05, 3.63) is 0 Å². The lowest BCUT2D eigenvalue weighted by Crippen LogP contribution is -2.49. The third kappa shape index (κ3) is 5.13. The van der Waals surface area contributed by atoms with E-state index in [0.717, 1.165) is 0 Å². The SMILES string of the molecule is CC(=O)NCC1CN(C(=O)CCC(=O)O)CCO1. The Hall–Kier alpha value is -1.63. The van der Waals surface area contributed by atoms with E-state index in [0.29, 0.717) is 26.2 Å². The highest BCUT2D eigenvalue weighted by Crippen LogP contribution is 2.07. The van der Waals surface area contributed by atoms with E-state index in [2.05, 4.69) is 5.32 Å². The molecule has 1 heterocycles. The van der Waals surface area contributed by atoms with Gasteiger partial charge in [-0.1, -0.05) is 0 Å². The molecule has 0 radical (unpaired) electrons. The lowest BCUT2D eigenvalue weighted by Gasteiger charge is -2.33. The molecule has 0 aliphatic carbocycles. The molecule has 1 aliphatic rings. The van der Waals surface area contributed by atoms with Crippen LogP contribution in [0.5, 0.6) is 0 Å². The Bertz CT molecular complexity index is 331. The van der Waals surface area contributed by atoms with Gasteiger partial charge in [-0.25, -0.2) is 0 Å². The first-order valence-corrected chi connectivity index (χ1v) is 5.84. The van der Waals surface area contributed by atoms with Gasteiger partial charge in [-0.15, -0.1) is 0 Å². The quantitative estimate of drug-likeness (QED) is 0.674. The fourth-order valence-corrected chi connectivity index (χ4v) is 1.70. The zero-order chi connectivity index (χ0) is 13.5. The molecular weight excluding hydrogens is 240 g/mol. The number of amides is 2. The van der Waals surface area contributed by atoms with E-state index in [1.54, 1.807) is 4.90 Å². The summed E-state index contributed by atoms with van der Waals surface area (Å²) in [6.07, 6.45) is -0.384. The van der Waals surface area contributed by atoms with Crippen LogP contribution in [-0.4, -0.2) is 60.1 Å². The minimum Gasteiger partial charge on any atom is -0.481 e. The van der Waals surface area contributed by atoms with Crippen molar-refractivity contribution >= 4 is 17.8 Å². The zero-order valence-corrected chi connectivity index (χ0v) is 10.3. The second kappa shape index (κ2) is 6.95. The van der Waals surface area contributed by atoms with Crippen molar-refractivity contribution in [3.63, 3.8) is 0 Å². The molecule has 2 N–H and O–H groups in total. The van der Waals surface area contributed by atoms with E-state index in [4.69, 9.17) is 9.84 Å². The molecule has 1 saturated heterocycles. The van der Waals surface area contributed by atoms with Gasteiger partial charge in [0.2, 0.25) is 11.8 Å². The van der Waals surface area contributed by atoms with Crippen LogP contribution < -0.4 is 5.32 Å². The summed E-state index contributed by atoms with van der Waals surface area (Å²) in [5, 5.41) is 11.1. The number of nitrogens with zero attached hydrogens (tertiary/aromatic N) is 1. The molecule has 7 heteroatoms. The van der Waals surface area contributed by atoms with Gasteiger partial charge >= 0.3 is 5.97 Å². The van der Waals surface area contributed by atoms with Crippen LogP contribution in [0.15, 0.2) is 0 Å². The second-order valence-electron chi connectivity index (χ2n) is 4.16. The standard InChI is InChI=1S/C11H18N2O5/c1-8(14)12-6-9-7-13(4-5-18-9)10(15)2-3-11(16)17/h9H,2-7H2,1H3,(H,12,14)(H,16,17). The number of carbonyl (C=O) groups excluding carboxylic acids is 2. The van der Waals surface area contributed by atoms with Gasteiger partial charge in [0.05, 0.1) is 19.1 Å². The topological polar surface area (TPSA) is 95.9 Å². The molecule has 1 atom stereocenters. The van der Waals surface area contributed by atoms with Gasteiger partial charge in [-0.3, -0.25) is 14.4 Å². The highest BCUT2D eigenvalue weighted by molar-refractivity contribution is 5.80. The lowest BCUT2D eigenvalue weighted by molar-refractivity contribution is -0.144. The highest BCUT2D eigenvalue weighted by Gasteiger charge is 2.24. The van der Waals surface area contributed by atoms with Crippen LogP contribution in [0.2, 0.25) is 0 Å². The molecule has 1 aliphatic heterocycles. The van der Waals surface area contributed by atoms with E-state index in [1.165, 1.54) is 6.92 Å². The number of ether oxygens (including phenoxy) is 1. The molecule has 0 spiro atoms. The molecular formula is C11H18N2O5. The van der Waals surface area contributed by atoms with Gasteiger partial charge in [0, 0.05) is 33.0 Å². The van der Waals surface area contributed by atoms with Crippen LogP contribution in [0.25, 0.3) is 0 Å². The maximum atomic E-state index is 11.7. The zero-order valence-electron chi connectivity index (χ0n) is 10.3. The van der Waals surface area contributed by atoms with Crippen molar-refractivity contribution in [1.29, 1.82) is 0 Å². The Morgan fingerprint density at radius 3 is 2.72 bits per heavy atom. The molecule has 7 nitrogen and oxygen atoms in total. The molecule has 1 fully saturated rings. The number of carbonyl (C=O) groups is 3. The fraction of sp³-hybridized carbons (Fsp3) is 0.727. The number of carboxylic acid groups (broad SMARTS) is 1. The van der Waals surface area contributed by atoms with Crippen LogP contribution in [0.3, 0.4) is 0 Å². The summed E-state index contributed by atoms with van der Waals surface area (Å²) in [5.41, 5.74) is 0. The number of aliphatic carboxylic acids is 1. The lowest BCUT2D eigenvalue weighted by atomic mass is 10.2. The summed E-state index contributed by atoms with van der Waals surface area (Å²) in [5.74, 6) is -1.31. The van der Waals surface area contributed by atoms with Crippen LogP contribution in [-0.2, 0) is 19.1 Å². The molecule has 1 unspecified atom stereocenters. The smallest absolute Gasteiger partial charge is 0.303 e. The third-order valence-corrected chi connectivity index (χ3v) is 2.62. The number of morpholine rings is 1. The Morgan fingerprint density at radius 1 is 1.39 bits per heavy atom.